The Kier molecular flexibility index (Phi) is 3.96. The molecule has 2 aromatic heterocycles. The van der Waals surface area contributed by atoms with E-state index < -0.39 is 0 Å². The number of thioether (sulfide) groups is 1. The molecule has 0 aliphatic carbocycles. The summed E-state index contributed by atoms with van der Waals surface area (Å²) in [6, 6.07) is 9.99. The molecule has 0 saturated heterocycles. The predicted octanol–water partition coefficient (Wildman–Crippen LogP) is 3.26. The van der Waals surface area contributed by atoms with Crippen LogP contribution in [0.4, 0.5) is 0 Å². The molecule has 2 heterocycles. The summed E-state index contributed by atoms with van der Waals surface area (Å²) in [5.74, 6) is 0.728. The van der Waals surface area contributed by atoms with Gasteiger partial charge in [-0.1, -0.05) is 17.8 Å². The van der Waals surface area contributed by atoms with E-state index in [9.17, 15) is 0 Å². The van der Waals surface area contributed by atoms with Gasteiger partial charge in [-0.15, -0.1) is 0 Å². The number of hydrogen-bond donors (Lipinski definition) is 0. The van der Waals surface area contributed by atoms with Gasteiger partial charge in [0, 0.05) is 17.6 Å². The van der Waals surface area contributed by atoms with E-state index in [-0.39, 0.29) is 0 Å². The second kappa shape index (κ2) is 5.65. The largest absolute Gasteiger partial charge is 0.260 e. The summed E-state index contributed by atoms with van der Waals surface area (Å²) in [4.78, 5) is 8.70. The highest BCUT2D eigenvalue weighted by atomic mass is 32.2. The molecule has 0 aliphatic heterocycles. The van der Waals surface area contributed by atoms with Crippen LogP contribution in [0.1, 0.15) is 22.5 Å². The number of aryl methyl sites for hydroxylation is 2. The lowest BCUT2D eigenvalue weighted by Gasteiger charge is -2.06. The first-order valence-electron chi connectivity index (χ1n) is 5.62. The molecule has 2 rings (SSSR count). The van der Waals surface area contributed by atoms with Crippen molar-refractivity contribution >= 4 is 11.8 Å². The smallest absolute Gasteiger partial charge is 0.115 e. The van der Waals surface area contributed by atoms with Crippen LogP contribution in [0.3, 0.4) is 0 Å². The number of pyridine rings is 2. The number of hydrogen-bond acceptors (Lipinski definition) is 4. The summed E-state index contributed by atoms with van der Waals surface area (Å²) < 4.78 is 0. The van der Waals surface area contributed by atoms with Gasteiger partial charge in [0.05, 0.1) is 11.3 Å². The minimum Gasteiger partial charge on any atom is -0.260 e. The first-order chi connectivity index (χ1) is 8.70. The van der Waals surface area contributed by atoms with Gasteiger partial charge < -0.3 is 0 Å². The molecule has 0 fully saturated rings. The van der Waals surface area contributed by atoms with E-state index in [4.69, 9.17) is 5.26 Å². The molecule has 0 radical (unpaired) electrons. The van der Waals surface area contributed by atoms with Crippen LogP contribution in [0.5, 0.6) is 0 Å². The van der Waals surface area contributed by atoms with Crippen LogP contribution in [0.15, 0.2) is 35.5 Å². The molecule has 0 saturated carbocycles. The van der Waals surface area contributed by atoms with Crippen molar-refractivity contribution in [2.45, 2.75) is 24.6 Å². The summed E-state index contributed by atoms with van der Waals surface area (Å²) >= 11 is 1.56. The summed E-state index contributed by atoms with van der Waals surface area (Å²) in [6.45, 7) is 3.89. The van der Waals surface area contributed by atoms with Crippen molar-refractivity contribution < 1.29 is 0 Å². The molecule has 2 aromatic rings. The third-order valence-electron chi connectivity index (χ3n) is 2.51. The number of nitrogens with zero attached hydrogens (tertiary/aromatic N) is 3. The molecule has 18 heavy (non-hydrogen) atoms. The zero-order valence-electron chi connectivity index (χ0n) is 10.3. The topological polar surface area (TPSA) is 49.6 Å². The molecular formula is C14H13N3S. The predicted molar refractivity (Wildman–Crippen MR) is 72.2 cm³/mol. The van der Waals surface area contributed by atoms with Crippen molar-refractivity contribution in [3.8, 4) is 6.07 Å². The third-order valence-corrected chi connectivity index (χ3v) is 3.52. The summed E-state index contributed by atoms with van der Waals surface area (Å²) in [5.41, 5.74) is 3.58. The van der Waals surface area contributed by atoms with Crippen LogP contribution in [-0.2, 0) is 5.75 Å². The van der Waals surface area contributed by atoms with Crippen molar-refractivity contribution in [1.82, 2.24) is 9.97 Å². The SMILES string of the molecule is Cc1cc(C)c(C#N)c(SCc2ccccn2)n1. The highest BCUT2D eigenvalue weighted by Gasteiger charge is 2.09. The Labute approximate surface area is 111 Å². The second-order valence-corrected chi connectivity index (χ2v) is 4.95. The van der Waals surface area contributed by atoms with Crippen molar-refractivity contribution in [2.75, 3.05) is 0 Å². The molecular weight excluding hydrogens is 242 g/mol. The minimum absolute atomic E-state index is 0.668. The van der Waals surface area contributed by atoms with Crippen molar-refractivity contribution in [1.29, 1.82) is 5.26 Å². The van der Waals surface area contributed by atoms with Crippen molar-refractivity contribution in [2.24, 2.45) is 0 Å². The monoisotopic (exact) mass is 255 g/mol. The van der Waals surface area contributed by atoms with Gasteiger partial charge in [-0.25, -0.2) is 4.98 Å². The van der Waals surface area contributed by atoms with Crippen LogP contribution in [-0.4, -0.2) is 9.97 Å². The highest BCUT2D eigenvalue weighted by Crippen LogP contribution is 2.25. The third kappa shape index (κ3) is 2.88. The molecule has 0 spiro atoms. The summed E-state index contributed by atoms with van der Waals surface area (Å²) in [7, 11) is 0. The lowest BCUT2D eigenvalue weighted by atomic mass is 10.1. The Morgan fingerprint density at radius 2 is 2.17 bits per heavy atom. The first kappa shape index (κ1) is 12.6. The first-order valence-corrected chi connectivity index (χ1v) is 6.60. The van der Waals surface area contributed by atoms with Gasteiger partial charge in [0.25, 0.3) is 0 Å². The maximum absolute atomic E-state index is 9.17. The zero-order valence-corrected chi connectivity index (χ0v) is 11.2. The van der Waals surface area contributed by atoms with Gasteiger partial charge in [-0.2, -0.15) is 5.26 Å². The average molecular weight is 255 g/mol. The van der Waals surface area contributed by atoms with E-state index in [2.05, 4.69) is 16.0 Å². The van der Waals surface area contributed by atoms with Crippen LogP contribution >= 0.6 is 11.8 Å². The Balaban J connectivity index is 2.22. The molecule has 0 amide bonds. The van der Waals surface area contributed by atoms with Gasteiger partial charge in [0.1, 0.15) is 11.1 Å². The van der Waals surface area contributed by atoms with Crippen LogP contribution in [0.2, 0.25) is 0 Å². The molecule has 0 atom stereocenters. The fraction of sp³-hybridized carbons (Fsp3) is 0.214. The molecule has 0 unspecified atom stereocenters. The van der Waals surface area contributed by atoms with E-state index in [1.54, 1.807) is 18.0 Å². The zero-order chi connectivity index (χ0) is 13.0. The lowest BCUT2D eigenvalue weighted by molar-refractivity contribution is 1.03. The Bertz CT molecular complexity index is 588. The van der Waals surface area contributed by atoms with E-state index in [1.165, 1.54) is 0 Å². The van der Waals surface area contributed by atoms with Crippen molar-refractivity contribution in [3.63, 3.8) is 0 Å². The molecule has 90 valence electrons. The normalized spacial score (nSPS) is 10.1. The fourth-order valence-electron chi connectivity index (χ4n) is 1.67. The Hall–Kier alpha value is -1.86. The van der Waals surface area contributed by atoms with Crippen LogP contribution in [0, 0.1) is 25.2 Å². The molecule has 4 heteroatoms. The number of nitriles is 1. The number of aromatic nitrogens is 2. The van der Waals surface area contributed by atoms with E-state index >= 15 is 0 Å². The van der Waals surface area contributed by atoms with E-state index in [0.29, 0.717) is 5.56 Å². The fourth-order valence-corrected chi connectivity index (χ4v) is 2.68. The van der Waals surface area contributed by atoms with Crippen LogP contribution < -0.4 is 0 Å². The molecule has 0 N–H and O–H groups in total. The maximum Gasteiger partial charge on any atom is 0.115 e. The Morgan fingerprint density at radius 1 is 1.33 bits per heavy atom. The Morgan fingerprint density at radius 3 is 2.83 bits per heavy atom. The van der Waals surface area contributed by atoms with Gasteiger partial charge >= 0.3 is 0 Å². The van der Waals surface area contributed by atoms with Gasteiger partial charge in [-0.05, 0) is 37.6 Å². The average Bonchev–Trinajstić information content (AvgIpc) is 2.37. The summed E-state index contributed by atoms with van der Waals surface area (Å²) in [6.07, 6.45) is 1.77. The van der Waals surface area contributed by atoms with Gasteiger partial charge in [0.2, 0.25) is 0 Å². The molecule has 3 nitrogen and oxygen atoms in total. The standard InChI is InChI=1S/C14H13N3S/c1-10-7-11(2)17-14(13(10)8-15)18-9-12-5-3-4-6-16-12/h3-7H,9H2,1-2H3. The second-order valence-electron chi connectivity index (χ2n) is 3.98. The summed E-state index contributed by atoms with van der Waals surface area (Å²) in [5, 5.41) is 9.96. The maximum atomic E-state index is 9.17. The molecule has 0 aliphatic rings. The minimum atomic E-state index is 0.668. The quantitative estimate of drug-likeness (QED) is 0.790. The van der Waals surface area contributed by atoms with E-state index in [0.717, 1.165) is 27.7 Å². The number of rotatable bonds is 3. The van der Waals surface area contributed by atoms with Crippen molar-refractivity contribution in [3.05, 3.63) is 53.0 Å². The molecule has 0 aromatic carbocycles. The lowest BCUT2D eigenvalue weighted by Crippen LogP contribution is -1.95. The highest BCUT2D eigenvalue weighted by molar-refractivity contribution is 7.98. The van der Waals surface area contributed by atoms with Gasteiger partial charge in [-0.3, -0.25) is 4.98 Å². The van der Waals surface area contributed by atoms with E-state index in [1.807, 2.05) is 38.1 Å². The van der Waals surface area contributed by atoms with Gasteiger partial charge in [0.15, 0.2) is 0 Å². The molecule has 0 bridgehead atoms. The van der Waals surface area contributed by atoms with Crippen LogP contribution in [0.25, 0.3) is 0 Å².